The predicted molar refractivity (Wildman–Crippen MR) is 140 cm³/mol. The van der Waals surface area contributed by atoms with E-state index in [1.165, 1.54) is 4.68 Å². The van der Waals surface area contributed by atoms with Gasteiger partial charge in [0.15, 0.2) is 0 Å². The van der Waals surface area contributed by atoms with E-state index in [4.69, 9.17) is 4.74 Å². The number of rotatable bonds is 8. The van der Waals surface area contributed by atoms with Gasteiger partial charge in [0.1, 0.15) is 23.7 Å². The molecule has 0 aliphatic carbocycles. The van der Waals surface area contributed by atoms with E-state index in [9.17, 15) is 18.0 Å². The molecule has 186 valence electrons. The molecule has 0 bridgehead atoms. The number of ether oxygens (including phenoxy) is 1. The number of benzene rings is 3. The highest BCUT2D eigenvalue weighted by molar-refractivity contribution is 7.92. The largest absolute Gasteiger partial charge is 0.457 e. The molecular formula is C26H26N4O5S. The maximum absolute atomic E-state index is 13.1. The summed E-state index contributed by atoms with van der Waals surface area (Å²) in [6.45, 7) is 1.20. The zero-order chi connectivity index (χ0) is 25.9. The van der Waals surface area contributed by atoms with Crippen LogP contribution in [0.3, 0.4) is 0 Å². The van der Waals surface area contributed by atoms with Gasteiger partial charge in [-0.1, -0.05) is 36.4 Å². The van der Waals surface area contributed by atoms with Crippen LogP contribution in [0.1, 0.15) is 5.69 Å². The summed E-state index contributed by atoms with van der Waals surface area (Å²) in [4.78, 5) is 26.0. The summed E-state index contributed by atoms with van der Waals surface area (Å²) in [5, 5.41) is 2.60. The van der Waals surface area contributed by atoms with Gasteiger partial charge in [0.05, 0.1) is 23.3 Å². The summed E-state index contributed by atoms with van der Waals surface area (Å²) in [5.41, 5.74) is 1.14. The Kier molecular flexibility index (Phi) is 6.98. The maximum Gasteiger partial charge on any atom is 0.295 e. The van der Waals surface area contributed by atoms with Crippen LogP contribution in [0.5, 0.6) is 11.5 Å². The van der Waals surface area contributed by atoms with Crippen molar-refractivity contribution in [2.45, 2.75) is 6.92 Å². The number of hydrogen-bond acceptors (Lipinski definition) is 5. The number of carbonyl (C=O) groups excluding carboxylic acids is 1. The first-order valence-corrected chi connectivity index (χ1v) is 12.9. The number of amides is 1. The molecule has 1 N–H and O–H groups in total. The first-order chi connectivity index (χ1) is 17.1. The molecule has 4 rings (SSSR count). The smallest absolute Gasteiger partial charge is 0.295 e. The van der Waals surface area contributed by atoms with Gasteiger partial charge in [-0.05, 0) is 55.5 Å². The summed E-state index contributed by atoms with van der Waals surface area (Å²) in [6.07, 6.45) is 1.02. The van der Waals surface area contributed by atoms with Crippen molar-refractivity contribution in [2.24, 2.45) is 7.05 Å². The highest BCUT2D eigenvalue weighted by atomic mass is 32.2. The van der Waals surface area contributed by atoms with Crippen LogP contribution in [0.15, 0.2) is 89.7 Å². The molecule has 0 aliphatic rings. The van der Waals surface area contributed by atoms with Crippen molar-refractivity contribution in [1.82, 2.24) is 9.36 Å². The number of carbonyl (C=O) groups is 1. The molecule has 10 heteroatoms. The van der Waals surface area contributed by atoms with E-state index in [-0.39, 0.29) is 5.69 Å². The van der Waals surface area contributed by atoms with E-state index in [0.29, 0.717) is 28.6 Å². The first-order valence-electron chi connectivity index (χ1n) is 11.1. The second kappa shape index (κ2) is 10.1. The van der Waals surface area contributed by atoms with Crippen LogP contribution in [-0.2, 0) is 21.9 Å². The summed E-state index contributed by atoms with van der Waals surface area (Å²) in [5.74, 6) is 0.518. The predicted octanol–water partition coefficient (Wildman–Crippen LogP) is 3.68. The second-order valence-electron chi connectivity index (χ2n) is 8.16. The zero-order valence-corrected chi connectivity index (χ0v) is 20.9. The number of anilines is 2. The fourth-order valence-corrected chi connectivity index (χ4v) is 4.58. The lowest BCUT2D eigenvalue weighted by Crippen LogP contribution is -2.38. The monoisotopic (exact) mass is 506 g/mol. The Labute approximate surface area is 209 Å². The fourth-order valence-electron chi connectivity index (χ4n) is 3.73. The molecule has 0 unspecified atom stereocenters. The molecule has 4 aromatic rings. The minimum atomic E-state index is -3.80. The third-order valence-electron chi connectivity index (χ3n) is 5.61. The highest BCUT2D eigenvalue weighted by Crippen LogP contribution is 2.25. The van der Waals surface area contributed by atoms with Crippen molar-refractivity contribution in [3.8, 4) is 17.2 Å². The van der Waals surface area contributed by atoms with E-state index in [1.807, 2.05) is 36.4 Å². The molecule has 1 aromatic heterocycles. The molecule has 0 radical (unpaired) electrons. The van der Waals surface area contributed by atoms with Crippen LogP contribution in [-0.4, -0.2) is 36.5 Å². The van der Waals surface area contributed by atoms with Crippen LogP contribution < -0.4 is 19.9 Å². The summed E-state index contributed by atoms with van der Waals surface area (Å²) in [6, 6.07) is 24.6. The van der Waals surface area contributed by atoms with E-state index < -0.39 is 28.0 Å². The van der Waals surface area contributed by atoms with Crippen LogP contribution in [0.25, 0.3) is 5.69 Å². The SMILES string of the molecule is Cc1c(NC(=O)CN(c2ccc(Oc3ccccc3)cc2)S(C)(=O)=O)c(=O)n(-c2ccccc2)n1C. The van der Waals surface area contributed by atoms with Crippen molar-refractivity contribution in [3.63, 3.8) is 0 Å². The van der Waals surface area contributed by atoms with Crippen LogP contribution in [0.2, 0.25) is 0 Å². The quantitative estimate of drug-likeness (QED) is 0.393. The molecule has 3 aromatic carbocycles. The third-order valence-corrected chi connectivity index (χ3v) is 6.75. The molecule has 1 amide bonds. The second-order valence-corrected chi connectivity index (χ2v) is 10.1. The van der Waals surface area contributed by atoms with Crippen molar-refractivity contribution in [2.75, 3.05) is 22.4 Å². The molecule has 0 atom stereocenters. The van der Waals surface area contributed by atoms with Crippen LogP contribution in [0.4, 0.5) is 11.4 Å². The number of nitrogens with zero attached hydrogens (tertiary/aromatic N) is 3. The summed E-state index contributed by atoms with van der Waals surface area (Å²) >= 11 is 0. The molecular weight excluding hydrogens is 480 g/mol. The van der Waals surface area contributed by atoms with Gasteiger partial charge in [0.25, 0.3) is 5.56 Å². The van der Waals surface area contributed by atoms with Gasteiger partial charge in [-0.3, -0.25) is 18.6 Å². The molecule has 0 saturated carbocycles. The van der Waals surface area contributed by atoms with Gasteiger partial charge < -0.3 is 10.1 Å². The Morgan fingerprint density at radius 3 is 2.06 bits per heavy atom. The molecule has 9 nitrogen and oxygen atoms in total. The van der Waals surface area contributed by atoms with Gasteiger partial charge in [-0.15, -0.1) is 0 Å². The number of hydrogen-bond donors (Lipinski definition) is 1. The minimum Gasteiger partial charge on any atom is -0.457 e. The standard InChI is InChI=1S/C26H26N4O5S/c1-19-25(26(32)30(28(19)2)21-10-6-4-7-11-21)27-24(31)18-29(36(3,33)34)20-14-16-23(17-15-20)35-22-12-8-5-9-13-22/h4-17H,18H2,1-3H3,(H,27,31). The molecule has 0 spiro atoms. The van der Waals surface area contributed by atoms with E-state index in [2.05, 4.69) is 5.32 Å². The average molecular weight is 507 g/mol. The van der Waals surface area contributed by atoms with E-state index >= 15 is 0 Å². The van der Waals surface area contributed by atoms with Crippen LogP contribution in [0, 0.1) is 6.92 Å². The Balaban J connectivity index is 1.54. The van der Waals surface area contributed by atoms with Crippen molar-refractivity contribution in [3.05, 3.63) is 101 Å². The zero-order valence-electron chi connectivity index (χ0n) is 20.1. The molecule has 1 heterocycles. The lowest BCUT2D eigenvalue weighted by Gasteiger charge is -2.22. The Morgan fingerprint density at radius 2 is 1.47 bits per heavy atom. The number of nitrogens with one attached hydrogen (secondary N) is 1. The van der Waals surface area contributed by atoms with Crippen molar-refractivity contribution < 1.29 is 17.9 Å². The lowest BCUT2D eigenvalue weighted by molar-refractivity contribution is -0.114. The van der Waals surface area contributed by atoms with E-state index in [1.54, 1.807) is 67.2 Å². The minimum absolute atomic E-state index is 0.0893. The average Bonchev–Trinajstić information content (AvgIpc) is 3.06. The topological polar surface area (TPSA) is 103 Å². The number of aromatic nitrogens is 2. The lowest BCUT2D eigenvalue weighted by atomic mass is 10.3. The normalized spacial score (nSPS) is 11.2. The van der Waals surface area contributed by atoms with Gasteiger partial charge in [-0.25, -0.2) is 13.1 Å². The van der Waals surface area contributed by atoms with Gasteiger partial charge in [-0.2, -0.15) is 0 Å². The number of sulfonamides is 1. The molecule has 36 heavy (non-hydrogen) atoms. The fraction of sp³-hybridized carbons (Fsp3) is 0.154. The Morgan fingerprint density at radius 1 is 0.917 bits per heavy atom. The molecule has 0 fully saturated rings. The van der Waals surface area contributed by atoms with E-state index in [0.717, 1.165) is 10.6 Å². The third kappa shape index (κ3) is 5.33. The van der Waals surface area contributed by atoms with Crippen LogP contribution >= 0.6 is 0 Å². The van der Waals surface area contributed by atoms with Gasteiger partial charge >= 0.3 is 0 Å². The maximum atomic E-state index is 13.1. The Hall–Kier alpha value is -4.31. The van der Waals surface area contributed by atoms with Crippen molar-refractivity contribution in [1.29, 1.82) is 0 Å². The van der Waals surface area contributed by atoms with Crippen molar-refractivity contribution >= 4 is 27.3 Å². The highest BCUT2D eigenvalue weighted by Gasteiger charge is 2.24. The van der Waals surface area contributed by atoms with Gasteiger partial charge in [0.2, 0.25) is 15.9 Å². The summed E-state index contributed by atoms with van der Waals surface area (Å²) in [7, 11) is -2.09. The van der Waals surface area contributed by atoms with Gasteiger partial charge in [0, 0.05) is 7.05 Å². The number of para-hydroxylation sites is 2. The molecule has 0 saturated heterocycles. The molecule has 0 aliphatic heterocycles. The Bertz CT molecular complexity index is 1530. The summed E-state index contributed by atoms with van der Waals surface area (Å²) < 4.78 is 34.8. The first kappa shape index (κ1) is 24.8.